The van der Waals surface area contributed by atoms with Gasteiger partial charge in [0.2, 0.25) is 0 Å². The van der Waals surface area contributed by atoms with Gasteiger partial charge in [0.25, 0.3) is 0 Å². The van der Waals surface area contributed by atoms with E-state index >= 15 is 0 Å². The van der Waals surface area contributed by atoms with Crippen molar-refractivity contribution in [2.45, 2.75) is 32.9 Å². The van der Waals surface area contributed by atoms with E-state index in [1.807, 2.05) is 0 Å². The molecule has 0 amide bonds. The second-order valence-electron chi connectivity index (χ2n) is 4.33. The summed E-state index contributed by atoms with van der Waals surface area (Å²) in [6.45, 7) is 4.29. The third-order valence-corrected chi connectivity index (χ3v) is 3.84. The molecule has 118 valence electrons. The number of imidazole rings is 1. The highest BCUT2D eigenvalue weighted by molar-refractivity contribution is 7.99. The van der Waals surface area contributed by atoms with Crippen LogP contribution >= 0.6 is 11.8 Å². The molecule has 0 spiro atoms. The van der Waals surface area contributed by atoms with E-state index in [9.17, 15) is 14.9 Å². The lowest BCUT2D eigenvalue weighted by atomic mass is 10.2. The Balaban J connectivity index is 2.30. The minimum absolute atomic E-state index is 0.00340. The van der Waals surface area contributed by atoms with Crippen LogP contribution in [0.15, 0.2) is 6.20 Å². The molecule has 1 aromatic heterocycles. The second-order valence-corrected chi connectivity index (χ2v) is 5.56. The van der Waals surface area contributed by atoms with Crippen molar-refractivity contribution < 1.29 is 14.5 Å². The molecule has 0 aliphatic carbocycles. The molecule has 0 saturated heterocycles. The molecule has 0 fully saturated rings. The maximum atomic E-state index is 11.3. The number of aryl methyl sites for hydroxylation is 1. The summed E-state index contributed by atoms with van der Waals surface area (Å²) in [4.78, 5) is 25.6. The summed E-state index contributed by atoms with van der Waals surface area (Å²) >= 11 is 1.59. The molecule has 8 nitrogen and oxygen atoms in total. The number of rotatable bonds is 9. The third-order valence-electron chi connectivity index (χ3n) is 2.84. The first-order valence-electron chi connectivity index (χ1n) is 6.63. The highest BCUT2D eigenvalue weighted by Gasteiger charge is 2.17. The molecule has 1 rings (SSSR count). The standard InChI is InChI=1S/C12H20N4O4S/c1-3-20-12(17)10(13)4-6-21-7-5-15-9(2)14-8-11(15)16(18)19/h8,10H,3-7,13H2,1-2H3. The predicted octanol–water partition coefficient (Wildman–Crippen LogP) is 1.11. The fraction of sp³-hybridized carbons (Fsp3) is 0.667. The largest absolute Gasteiger partial charge is 0.465 e. The summed E-state index contributed by atoms with van der Waals surface area (Å²) in [6.07, 6.45) is 1.78. The number of nitrogens with two attached hydrogens (primary N) is 1. The number of aromatic nitrogens is 2. The first-order chi connectivity index (χ1) is 9.97. The van der Waals surface area contributed by atoms with Crippen LogP contribution in [0, 0.1) is 17.0 Å². The lowest BCUT2D eigenvalue weighted by Crippen LogP contribution is -2.32. The zero-order chi connectivity index (χ0) is 15.8. The molecule has 1 atom stereocenters. The van der Waals surface area contributed by atoms with Crippen molar-refractivity contribution >= 4 is 23.5 Å². The molecule has 2 N–H and O–H groups in total. The summed E-state index contributed by atoms with van der Waals surface area (Å²) in [5.41, 5.74) is 5.68. The Bertz CT molecular complexity index is 492. The predicted molar refractivity (Wildman–Crippen MR) is 80.2 cm³/mol. The van der Waals surface area contributed by atoms with Gasteiger partial charge in [-0.2, -0.15) is 11.8 Å². The van der Waals surface area contributed by atoms with Crippen molar-refractivity contribution in [2.24, 2.45) is 5.73 Å². The topological polar surface area (TPSA) is 113 Å². The van der Waals surface area contributed by atoms with Crippen molar-refractivity contribution in [3.8, 4) is 0 Å². The van der Waals surface area contributed by atoms with Gasteiger partial charge in [0.1, 0.15) is 18.8 Å². The molecule has 9 heteroatoms. The van der Waals surface area contributed by atoms with Crippen LogP contribution < -0.4 is 5.73 Å². The first kappa shape index (κ1) is 17.4. The van der Waals surface area contributed by atoms with Crippen LogP contribution in [0.2, 0.25) is 0 Å². The summed E-state index contributed by atoms with van der Waals surface area (Å²) in [6, 6.07) is -0.609. The smallest absolute Gasteiger partial charge is 0.342 e. The van der Waals surface area contributed by atoms with E-state index in [2.05, 4.69) is 4.98 Å². The van der Waals surface area contributed by atoms with Crippen LogP contribution in [0.1, 0.15) is 19.2 Å². The SMILES string of the molecule is CCOC(=O)C(N)CCSCCn1c([N+](=O)[O-])cnc1C. The number of nitrogens with zero attached hydrogens (tertiary/aromatic N) is 3. The summed E-state index contributed by atoms with van der Waals surface area (Å²) in [7, 11) is 0. The van der Waals surface area contributed by atoms with Crippen LogP contribution in [0.5, 0.6) is 0 Å². The highest BCUT2D eigenvalue weighted by Crippen LogP contribution is 2.15. The molecule has 1 heterocycles. The Morgan fingerprint density at radius 2 is 2.33 bits per heavy atom. The van der Waals surface area contributed by atoms with Crippen LogP contribution in [0.3, 0.4) is 0 Å². The maximum absolute atomic E-state index is 11.3. The number of carbonyl (C=O) groups is 1. The average Bonchev–Trinajstić information content (AvgIpc) is 2.80. The van der Waals surface area contributed by atoms with Gasteiger partial charge in [-0.1, -0.05) is 0 Å². The number of hydrogen-bond acceptors (Lipinski definition) is 7. The Kier molecular flexibility index (Phi) is 7.17. The third kappa shape index (κ3) is 5.35. The summed E-state index contributed by atoms with van der Waals surface area (Å²) in [5.74, 6) is 1.61. The quantitative estimate of drug-likeness (QED) is 0.314. The molecule has 0 bridgehead atoms. The second kappa shape index (κ2) is 8.63. The molecule has 0 aromatic carbocycles. The van der Waals surface area contributed by atoms with Crippen molar-refractivity contribution in [1.82, 2.24) is 9.55 Å². The van der Waals surface area contributed by atoms with Gasteiger partial charge in [-0.15, -0.1) is 0 Å². The van der Waals surface area contributed by atoms with E-state index in [0.29, 0.717) is 36.9 Å². The zero-order valence-corrected chi connectivity index (χ0v) is 13.0. The van der Waals surface area contributed by atoms with Gasteiger partial charge in [0, 0.05) is 12.7 Å². The lowest BCUT2D eigenvalue weighted by molar-refractivity contribution is -0.392. The van der Waals surface area contributed by atoms with Gasteiger partial charge in [0.05, 0.1) is 6.61 Å². The maximum Gasteiger partial charge on any atom is 0.342 e. The molecule has 1 unspecified atom stereocenters. The Morgan fingerprint density at radius 1 is 1.62 bits per heavy atom. The van der Waals surface area contributed by atoms with E-state index < -0.39 is 11.0 Å². The van der Waals surface area contributed by atoms with Crippen LogP contribution in [-0.4, -0.2) is 44.6 Å². The molecule has 21 heavy (non-hydrogen) atoms. The Labute approximate surface area is 127 Å². The van der Waals surface area contributed by atoms with Crippen molar-refractivity contribution in [3.63, 3.8) is 0 Å². The van der Waals surface area contributed by atoms with Gasteiger partial charge in [-0.05, 0) is 24.0 Å². The van der Waals surface area contributed by atoms with E-state index in [1.54, 1.807) is 30.2 Å². The fourth-order valence-corrected chi connectivity index (χ4v) is 2.65. The van der Waals surface area contributed by atoms with Crippen LogP contribution in [-0.2, 0) is 16.1 Å². The lowest BCUT2D eigenvalue weighted by Gasteiger charge is -2.09. The number of nitro groups is 1. The van der Waals surface area contributed by atoms with E-state index in [1.165, 1.54) is 6.20 Å². The average molecular weight is 316 g/mol. The number of ether oxygens (including phenoxy) is 1. The zero-order valence-electron chi connectivity index (χ0n) is 12.2. The summed E-state index contributed by atoms with van der Waals surface area (Å²) in [5, 5.41) is 10.8. The van der Waals surface area contributed by atoms with Gasteiger partial charge in [0.15, 0.2) is 5.82 Å². The number of esters is 1. The molecular formula is C12H20N4O4S. The van der Waals surface area contributed by atoms with Gasteiger partial charge in [-0.25, -0.2) is 9.55 Å². The molecular weight excluding hydrogens is 296 g/mol. The minimum atomic E-state index is -0.609. The molecule has 0 aliphatic heterocycles. The number of carbonyl (C=O) groups excluding carboxylic acids is 1. The minimum Gasteiger partial charge on any atom is -0.465 e. The van der Waals surface area contributed by atoms with Crippen molar-refractivity contribution in [1.29, 1.82) is 0 Å². The normalized spacial score (nSPS) is 12.1. The van der Waals surface area contributed by atoms with Crippen LogP contribution in [0.4, 0.5) is 5.82 Å². The molecule has 0 saturated carbocycles. The first-order valence-corrected chi connectivity index (χ1v) is 7.79. The van der Waals surface area contributed by atoms with Gasteiger partial charge >= 0.3 is 11.8 Å². The van der Waals surface area contributed by atoms with Crippen molar-refractivity contribution in [3.05, 3.63) is 22.1 Å². The molecule has 1 aromatic rings. The molecule has 0 radical (unpaired) electrons. The monoisotopic (exact) mass is 316 g/mol. The van der Waals surface area contributed by atoms with Crippen LogP contribution in [0.25, 0.3) is 0 Å². The van der Waals surface area contributed by atoms with E-state index in [0.717, 1.165) is 0 Å². The fourth-order valence-electron chi connectivity index (χ4n) is 1.71. The van der Waals surface area contributed by atoms with E-state index in [4.69, 9.17) is 10.5 Å². The highest BCUT2D eigenvalue weighted by atomic mass is 32.2. The Morgan fingerprint density at radius 3 is 2.95 bits per heavy atom. The number of thioether (sulfide) groups is 1. The Hall–Kier alpha value is -1.61. The van der Waals surface area contributed by atoms with Gasteiger partial charge < -0.3 is 20.6 Å². The van der Waals surface area contributed by atoms with E-state index in [-0.39, 0.29) is 11.8 Å². The van der Waals surface area contributed by atoms with Crippen molar-refractivity contribution in [2.75, 3.05) is 18.1 Å². The van der Waals surface area contributed by atoms with Gasteiger partial charge in [-0.3, -0.25) is 4.79 Å². The summed E-state index contributed by atoms with van der Waals surface area (Å²) < 4.78 is 6.38. The number of hydrogen-bond donors (Lipinski definition) is 1. The molecule has 0 aliphatic rings.